The van der Waals surface area contributed by atoms with Crippen LogP contribution in [-0.2, 0) is 0 Å². The van der Waals surface area contributed by atoms with Gasteiger partial charge in [-0.25, -0.2) is 4.98 Å². The number of ether oxygens (including phenoxy) is 1. The van der Waals surface area contributed by atoms with Crippen LogP contribution in [0.3, 0.4) is 0 Å². The fourth-order valence-electron chi connectivity index (χ4n) is 3.47. The molecule has 0 radical (unpaired) electrons. The molecule has 0 saturated heterocycles. The van der Waals surface area contributed by atoms with Gasteiger partial charge < -0.3 is 14.6 Å². The third-order valence-electron chi connectivity index (χ3n) is 4.98. The normalized spacial score (nSPS) is 12.4. The molecule has 0 unspecified atom stereocenters. The first-order valence-electron chi connectivity index (χ1n) is 9.47. The number of imidazole rings is 1. The molecule has 2 aromatic carbocycles. The van der Waals surface area contributed by atoms with E-state index in [0.717, 1.165) is 35.4 Å². The van der Waals surface area contributed by atoms with E-state index in [-0.39, 0.29) is 11.3 Å². The molecule has 142 valence electrons. The van der Waals surface area contributed by atoms with Gasteiger partial charge in [0.25, 0.3) is 0 Å². The third-order valence-corrected chi connectivity index (χ3v) is 4.98. The van der Waals surface area contributed by atoms with Gasteiger partial charge in [0.2, 0.25) is 0 Å². The average molecular weight is 381 g/mol. The molecule has 6 heteroatoms. The number of fused-ring (bicyclic) bond motifs is 2. The van der Waals surface area contributed by atoms with Crippen LogP contribution >= 0.6 is 0 Å². The van der Waals surface area contributed by atoms with Crippen molar-refractivity contribution in [3.63, 3.8) is 0 Å². The number of nitrogens with zero attached hydrogens (tertiary/aromatic N) is 4. The molecule has 1 aromatic heterocycles. The molecular formula is C23H19N5O. The molecule has 0 atom stereocenters. The summed E-state index contributed by atoms with van der Waals surface area (Å²) in [6.07, 6.45) is 1.91. The van der Waals surface area contributed by atoms with Crippen molar-refractivity contribution in [2.24, 2.45) is 0 Å². The molecule has 0 aliphatic carbocycles. The standard InChI is InChI=1S/C23H19N5O/c1-3-28(4-2)17-10-9-15-11-18(22(16(13-24)14-25)29-21(15)12-17)23-26-19-7-5-6-8-20(19)27-23/h5-12H,3-4H2,1-2H3,(H,26,27). The van der Waals surface area contributed by atoms with Crippen LogP contribution in [0.2, 0.25) is 0 Å². The quantitative estimate of drug-likeness (QED) is 0.665. The van der Waals surface area contributed by atoms with E-state index >= 15 is 0 Å². The van der Waals surface area contributed by atoms with E-state index in [4.69, 9.17) is 4.74 Å². The molecule has 0 saturated carbocycles. The lowest BCUT2D eigenvalue weighted by molar-refractivity contribution is 0.442. The maximum Gasteiger partial charge on any atom is 0.172 e. The first kappa shape index (κ1) is 18.3. The zero-order valence-electron chi connectivity index (χ0n) is 16.2. The summed E-state index contributed by atoms with van der Waals surface area (Å²) in [4.78, 5) is 10.1. The van der Waals surface area contributed by atoms with Crippen LogP contribution in [0, 0.1) is 22.7 Å². The number of allylic oxidation sites excluding steroid dienone is 2. The molecule has 3 aromatic rings. The molecule has 0 bridgehead atoms. The summed E-state index contributed by atoms with van der Waals surface area (Å²) in [6, 6.07) is 17.5. The Bertz CT molecular complexity index is 1180. The minimum absolute atomic E-state index is 0.0874. The second kappa shape index (κ2) is 7.53. The molecule has 0 spiro atoms. The van der Waals surface area contributed by atoms with Crippen LogP contribution in [-0.4, -0.2) is 23.1 Å². The summed E-state index contributed by atoms with van der Waals surface area (Å²) in [6.45, 7) is 5.94. The SMILES string of the molecule is CCN(CC)c1ccc2c(c1)OC(=C(C#N)C#N)C(c1nc3ccccc3[nH]1)=C2. The summed E-state index contributed by atoms with van der Waals surface area (Å²) >= 11 is 0. The summed E-state index contributed by atoms with van der Waals surface area (Å²) in [5, 5.41) is 18.9. The number of nitrogens with one attached hydrogen (secondary N) is 1. The van der Waals surface area contributed by atoms with Gasteiger partial charge in [0.1, 0.15) is 23.7 Å². The lowest BCUT2D eigenvalue weighted by atomic mass is 10.0. The van der Waals surface area contributed by atoms with Crippen LogP contribution in [0.15, 0.2) is 53.8 Å². The van der Waals surface area contributed by atoms with Crippen LogP contribution in [0.4, 0.5) is 5.69 Å². The number of nitriles is 2. The highest BCUT2D eigenvalue weighted by Crippen LogP contribution is 2.39. The predicted octanol–water partition coefficient (Wildman–Crippen LogP) is 4.64. The molecular weight excluding hydrogens is 362 g/mol. The van der Waals surface area contributed by atoms with Gasteiger partial charge in [-0.05, 0) is 44.2 Å². The second-order valence-electron chi connectivity index (χ2n) is 6.58. The number of para-hydroxylation sites is 2. The zero-order chi connectivity index (χ0) is 20.4. The predicted molar refractivity (Wildman–Crippen MR) is 113 cm³/mol. The van der Waals surface area contributed by atoms with Gasteiger partial charge in [-0.15, -0.1) is 0 Å². The minimum Gasteiger partial charge on any atom is -0.454 e. The van der Waals surface area contributed by atoms with Gasteiger partial charge >= 0.3 is 0 Å². The summed E-state index contributed by atoms with van der Waals surface area (Å²) in [5.74, 6) is 1.40. The topological polar surface area (TPSA) is 88.7 Å². The van der Waals surface area contributed by atoms with Crippen molar-refractivity contribution in [3.8, 4) is 17.9 Å². The Morgan fingerprint density at radius 3 is 2.55 bits per heavy atom. The second-order valence-corrected chi connectivity index (χ2v) is 6.58. The number of hydrogen-bond donors (Lipinski definition) is 1. The van der Waals surface area contributed by atoms with Gasteiger partial charge in [-0.1, -0.05) is 12.1 Å². The first-order valence-corrected chi connectivity index (χ1v) is 9.47. The largest absolute Gasteiger partial charge is 0.454 e. The molecule has 0 fully saturated rings. The van der Waals surface area contributed by atoms with Crippen LogP contribution in [0.1, 0.15) is 25.2 Å². The van der Waals surface area contributed by atoms with Gasteiger partial charge in [0, 0.05) is 30.4 Å². The summed E-state index contributed by atoms with van der Waals surface area (Å²) in [5.41, 5.74) is 4.08. The smallest absolute Gasteiger partial charge is 0.172 e. The molecule has 6 nitrogen and oxygen atoms in total. The van der Waals surface area contributed by atoms with Crippen LogP contribution in [0.25, 0.3) is 22.7 Å². The van der Waals surface area contributed by atoms with Crippen molar-refractivity contribution in [2.75, 3.05) is 18.0 Å². The highest BCUT2D eigenvalue weighted by atomic mass is 16.5. The molecule has 1 aliphatic rings. The Labute approximate surface area is 169 Å². The van der Waals surface area contributed by atoms with Gasteiger partial charge in [-0.2, -0.15) is 10.5 Å². The first-order chi connectivity index (χ1) is 14.2. The molecule has 4 rings (SSSR count). The molecule has 1 aliphatic heterocycles. The number of hydrogen-bond acceptors (Lipinski definition) is 5. The number of H-pyrrole nitrogens is 1. The Hall–Kier alpha value is -4.03. The highest BCUT2D eigenvalue weighted by molar-refractivity contribution is 5.95. The van der Waals surface area contributed by atoms with Crippen molar-refractivity contribution in [1.29, 1.82) is 10.5 Å². The van der Waals surface area contributed by atoms with Crippen LogP contribution < -0.4 is 9.64 Å². The fraction of sp³-hybridized carbons (Fsp3) is 0.174. The van der Waals surface area contributed by atoms with Crippen molar-refractivity contribution in [3.05, 3.63) is 65.2 Å². The summed E-state index contributed by atoms with van der Waals surface area (Å²) < 4.78 is 6.10. The van der Waals surface area contributed by atoms with E-state index in [1.807, 2.05) is 60.7 Å². The fourth-order valence-corrected chi connectivity index (χ4v) is 3.47. The van der Waals surface area contributed by atoms with E-state index in [2.05, 4.69) is 28.7 Å². The van der Waals surface area contributed by atoms with Crippen molar-refractivity contribution in [2.45, 2.75) is 13.8 Å². The Balaban J connectivity index is 1.90. The zero-order valence-corrected chi connectivity index (χ0v) is 16.2. The number of aromatic nitrogens is 2. The van der Waals surface area contributed by atoms with Crippen molar-refractivity contribution in [1.82, 2.24) is 9.97 Å². The van der Waals surface area contributed by atoms with Gasteiger partial charge in [0.15, 0.2) is 11.3 Å². The molecule has 0 amide bonds. The van der Waals surface area contributed by atoms with E-state index in [9.17, 15) is 10.5 Å². The highest BCUT2D eigenvalue weighted by Gasteiger charge is 2.25. The number of rotatable bonds is 4. The molecule has 1 N–H and O–H groups in total. The molecule has 2 heterocycles. The number of aromatic amines is 1. The maximum atomic E-state index is 9.47. The minimum atomic E-state index is -0.0874. The van der Waals surface area contributed by atoms with Crippen LogP contribution in [0.5, 0.6) is 5.75 Å². The van der Waals surface area contributed by atoms with E-state index in [1.165, 1.54) is 0 Å². The monoisotopic (exact) mass is 381 g/mol. The van der Waals surface area contributed by atoms with Crippen molar-refractivity contribution >= 4 is 28.4 Å². The average Bonchev–Trinajstić information content (AvgIpc) is 3.19. The molecule has 29 heavy (non-hydrogen) atoms. The third kappa shape index (κ3) is 3.22. The lowest BCUT2D eigenvalue weighted by Crippen LogP contribution is -2.22. The Kier molecular flexibility index (Phi) is 4.76. The van der Waals surface area contributed by atoms with Gasteiger partial charge in [-0.3, -0.25) is 0 Å². The van der Waals surface area contributed by atoms with E-state index in [0.29, 0.717) is 17.1 Å². The summed E-state index contributed by atoms with van der Waals surface area (Å²) in [7, 11) is 0. The number of benzene rings is 2. The van der Waals surface area contributed by atoms with Crippen molar-refractivity contribution < 1.29 is 4.74 Å². The van der Waals surface area contributed by atoms with E-state index in [1.54, 1.807) is 0 Å². The van der Waals surface area contributed by atoms with Gasteiger partial charge in [0.05, 0.1) is 16.6 Å². The lowest BCUT2D eigenvalue weighted by Gasteiger charge is -2.25. The number of anilines is 1. The Morgan fingerprint density at radius 1 is 1.10 bits per heavy atom. The Morgan fingerprint density at radius 2 is 1.86 bits per heavy atom. The maximum absolute atomic E-state index is 9.47. The van der Waals surface area contributed by atoms with E-state index < -0.39 is 0 Å².